The van der Waals surface area contributed by atoms with E-state index in [4.69, 9.17) is 21.1 Å². The van der Waals surface area contributed by atoms with Crippen molar-refractivity contribution in [3.05, 3.63) is 70.4 Å². The molecule has 0 radical (unpaired) electrons. The van der Waals surface area contributed by atoms with Crippen LogP contribution in [0.2, 0.25) is 5.02 Å². The molecule has 3 aromatic rings. The summed E-state index contributed by atoms with van der Waals surface area (Å²) in [4.78, 5) is 12.7. The van der Waals surface area contributed by atoms with E-state index in [1.54, 1.807) is 18.2 Å². The highest BCUT2D eigenvalue weighted by molar-refractivity contribution is 6.36. The Morgan fingerprint density at radius 3 is 2.53 bits per heavy atom. The lowest BCUT2D eigenvalue weighted by molar-refractivity contribution is -0.173. The summed E-state index contributed by atoms with van der Waals surface area (Å²) >= 11 is 6.37. The number of nitrogens with zero attached hydrogens (tertiary/aromatic N) is 2. The smallest absolute Gasteiger partial charge is 0.410 e. The molecule has 0 fully saturated rings. The van der Waals surface area contributed by atoms with Gasteiger partial charge in [-0.15, -0.1) is 0 Å². The van der Waals surface area contributed by atoms with Crippen LogP contribution in [0.5, 0.6) is 11.5 Å². The molecule has 11 heteroatoms. The van der Waals surface area contributed by atoms with Crippen LogP contribution in [-0.4, -0.2) is 36.1 Å². The first kappa shape index (κ1) is 23.7. The molecule has 1 aromatic heterocycles. The van der Waals surface area contributed by atoms with Gasteiger partial charge in [0.2, 0.25) is 0 Å². The minimum absolute atomic E-state index is 0.0695. The maximum absolute atomic E-state index is 14.0. The summed E-state index contributed by atoms with van der Waals surface area (Å²) in [5.41, 5.74) is 1.10. The Morgan fingerprint density at radius 1 is 1.18 bits per heavy atom. The summed E-state index contributed by atoms with van der Waals surface area (Å²) in [5.74, 6) is 0.104. The fourth-order valence-corrected chi connectivity index (χ4v) is 4.15. The molecule has 4 rings (SSSR count). The molecule has 2 aromatic carbocycles. The van der Waals surface area contributed by atoms with Gasteiger partial charge in [-0.05, 0) is 23.3 Å². The number of anilines is 1. The number of aromatic nitrogens is 2. The molecule has 1 aliphatic heterocycles. The third-order valence-corrected chi connectivity index (χ3v) is 5.97. The largest absolute Gasteiger partial charge is 0.493 e. The van der Waals surface area contributed by atoms with E-state index in [0.29, 0.717) is 17.1 Å². The predicted molar refractivity (Wildman–Crippen MR) is 120 cm³/mol. The number of fused-ring (bicyclic) bond motifs is 1. The van der Waals surface area contributed by atoms with Gasteiger partial charge in [-0.25, -0.2) is 4.68 Å². The number of carbonyl (C=O) groups excluding carboxylic acids is 1. The van der Waals surface area contributed by atoms with E-state index in [1.165, 1.54) is 14.2 Å². The van der Waals surface area contributed by atoms with Crippen LogP contribution in [0.4, 0.5) is 19.0 Å². The van der Waals surface area contributed by atoms with Gasteiger partial charge in [-0.3, -0.25) is 4.79 Å². The Balaban J connectivity index is 1.65. The predicted octanol–water partition coefficient (Wildman–Crippen LogP) is 5.14. The molecule has 0 aliphatic carbocycles. The number of halogens is 4. The molecule has 2 atom stereocenters. The molecule has 7 nitrogen and oxygen atoms in total. The normalized spacial score (nSPS) is 17.5. The number of rotatable bonds is 6. The zero-order valence-electron chi connectivity index (χ0n) is 18.3. The second kappa shape index (κ2) is 9.46. The molecular weight excluding hydrogens is 473 g/mol. The molecule has 2 N–H and O–H groups in total. The van der Waals surface area contributed by atoms with E-state index in [2.05, 4.69) is 15.7 Å². The Kier molecular flexibility index (Phi) is 6.60. The summed E-state index contributed by atoms with van der Waals surface area (Å²) < 4.78 is 53.3. The lowest BCUT2D eigenvalue weighted by Crippen LogP contribution is -2.36. The molecule has 0 spiro atoms. The average Bonchev–Trinajstić information content (AvgIpc) is 3.17. The molecule has 0 unspecified atom stereocenters. The summed E-state index contributed by atoms with van der Waals surface area (Å²) in [5, 5.41) is 9.43. The van der Waals surface area contributed by atoms with Gasteiger partial charge in [0.25, 0.3) is 5.91 Å². The highest BCUT2D eigenvalue weighted by Gasteiger charge is 2.48. The molecule has 1 amide bonds. The van der Waals surface area contributed by atoms with Crippen LogP contribution in [0, 0.1) is 0 Å². The maximum Gasteiger partial charge on any atom is 0.410 e. The van der Waals surface area contributed by atoms with Gasteiger partial charge in [-0.2, -0.15) is 18.3 Å². The number of benzene rings is 2. The molecule has 0 saturated heterocycles. The van der Waals surface area contributed by atoms with Gasteiger partial charge >= 0.3 is 6.18 Å². The van der Waals surface area contributed by atoms with Crippen molar-refractivity contribution in [1.29, 1.82) is 0 Å². The van der Waals surface area contributed by atoms with Crippen LogP contribution < -0.4 is 20.1 Å². The Labute approximate surface area is 198 Å². The number of ether oxygens (including phenoxy) is 2. The van der Waals surface area contributed by atoms with Crippen molar-refractivity contribution in [2.24, 2.45) is 0 Å². The second-order valence-corrected chi connectivity index (χ2v) is 8.11. The molecule has 34 heavy (non-hydrogen) atoms. The van der Waals surface area contributed by atoms with Crippen LogP contribution in [0.3, 0.4) is 0 Å². The summed E-state index contributed by atoms with van der Waals surface area (Å²) in [6.07, 6.45) is -4.96. The first-order valence-corrected chi connectivity index (χ1v) is 10.8. The van der Waals surface area contributed by atoms with Gasteiger partial charge in [0.15, 0.2) is 23.2 Å². The third-order valence-electron chi connectivity index (χ3n) is 5.62. The number of hydrogen-bond donors (Lipinski definition) is 2. The van der Waals surface area contributed by atoms with E-state index in [9.17, 15) is 18.0 Å². The lowest BCUT2D eigenvalue weighted by atomic mass is 9.96. The van der Waals surface area contributed by atoms with Crippen molar-refractivity contribution in [2.45, 2.75) is 31.2 Å². The molecular formula is C23H22ClF3N4O3. The number of amides is 1. The quantitative estimate of drug-likeness (QED) is 0.496. The van der Waals surface area contributed by atoms with Crippen molar-refractivity contribution < 1.29 is 27.4 Å². The van der Waals surface area contributed by atoms with Crippen LogP contribution in [-0.2, 0) is 6.54 Å². The molecule has 1 aliphatic rings. The summed E-state index contributed by atoms with van der Waals surface area (Å²) in [6.45, 7) is 0.183. The van der Waals surface area contributed by atoms with E-state index in [0.717, 1.165) is 10.2 Å². The van der Waals surface area contributed by atoms with Gasteiger partial charge in [-0.1, -0.05) is 48.0 Å². The number of carbonyl (C=O) groups is 1. The average molecular weight is 495 g/mol. The first-order valence-electron chi connectivity index (χ1n) is 10.4. The maximum atomic E-state index is 14.0. The Bertz CT molecular complexity index is 1180. The Hall–Kier alpha value is -3.40. The monoisotopic (exact) mass is 494 g/mol. The molecule has 0 bridgehead atoms. The lowest BCUT2D eigenvalue weighted by Gasteiger charge is -2.33. The standard InChI is InChI=1S/C23H22ClF3N4O3/c1-33-16-9-8-14(10-17(16)34-2)15-11-18(23(25,26)27)31-21(29-15)19(24)20(30-31)22(32)28-12-13-6-4-3-5-7-13/h3-10,15,18,29H,11-12H2,1-2H3,(H,28,32)/t15-,18-/m0/s1. The zero-order valence-corrected chi connectivity index (χ0v) is 19.1. The minimum Gasteiger partial charge on any atom is -0.493 e. The van der Waals surface area contributed by atoms with Gasteiger partial charge in [0.05, 0.1) is 20.3 Å². The van der Waals surface area contributed by atoms with E-state index >= 15 is 0 Å². The van der Waals surface area contributed by atoms with Crippen molar-refractivity contribution in [2.75, 3.05) is 19.5 Å². The van der Waals surface area contributed by atoms with Gasteiger partial charge in [0.1, 0.15) is 10.8 Å². The van der Waals surface area contributed by atoms with Crippen LogP contribution in [0.1, 0.15) is 40.1 Å². The third kappa shape index (κ3) is 4.63. The highest BCUT2D eigenvalue weighted by atomic mass is 35.5. The molecule has 180 valence electrons. The topological polar surface area (TPSA) is 77.4 Å². The van der Waals surface area contributed by atoms with Crippen molar-refractivity contribution in [3.63, 3.8) is 0 Å². The van der Waals surface area contributed by atoms with Gasteiger partial charge in [0, 0.05) is 13.0 Å². The second-order valence-electron chi connectivity index (χ2n) is 7.73. The number of nitrogens with one attached hydrogen (secondary N) is 2. The Morgan fingerprint density at radius 2 is 1.88 bits per heavy atom. The van der Waals surface area contributed by atoms with Crippen LogP contribution >= 0.6 is 11.6 Å². The van der Waals surface area contributed by atoms with Gasteiger partial charge < -0.3 is 20.1 Å². The minimum atomic E-state index is -4.61. The van der Waals surface area contributed by atoms with E-state index in [1.807, 2.05) is 30.3 Å². The molecule has 0 saturated carbocycles. The number of alkyl halides is 3. The van der Waals surface area contributed by atoms with Crippen LogP contribution in [0.25, 0.3) is 0 Å². The van der Waals surface area contributed by atoms with Crippen LogP contribution in [0.15, 0.2) is 48.5 Å². The van der Waals surface area contributed by atoms with E-state index in [-0.39, 0.29) is 29.5 Å². The molecule has 2 heterocycles. The SMILES string of the molecule is COc1ccc([C@@H]2C[C@@H](C(F)(F)F)n3nc(C(=O)NCc4ccccc4)c(Cl)c3N2)cc1OC. The number of hydrogen-bond acceptors (Lipinski definition) is 5. The highest BCUT2D eigenvalue weighted by Crippen LogP contribution is 2.47. The van der Waals surface area contributed by atoms with Crippen molar-refractivity contribution in [1.82, 2.24) is 15.1 Å². The number of methoxy groups -OCH3 is 2. The fraction of sp³-hybridized carbons (Fsp3) is 0.304. The first-order chi connectivity index (χ1) is 16.2. The van der Waals surface area contributed by atoms with E-state index < -0.39 is 24.2 Å². The zero-order chi connectivity index (χ0) is 24.5. The fourth-order valence-electron chi connectivity index (χ4n) is 3.88. The van der Waals surface area contributed by atoms with Crippen molar-refractivity contribution in [3.8, 4) is 11.5 Å². The summed E-state index contributed by atoms with van der Waals surface area (Å²) in [7, 11) is 2.92. The van der Waals surface area contributed by atoms with Crippen molar-refractivity contribution >= 4 is 23.3 Å². The summed E-state index contributed by atoms with van der Waals surface area (Å²) in [6, 6.07) is 11.2.